The molecule has 0 spiro atoms. The van der Waals surface area contributed by atoms with Crippen LogP contribution >= 0.6 is 0 Å². The van der Waals surface area contributed by atoms with E-state index in [1.54, 1.807) is 0 Å². The molecule has 0 aliphatic carbocycles. The summed E-state index contributed by atoms with van der Waals surface area (Å²) < 4.78 is 4.96. The number of aliphatic hydroxyl groups is 3. The van der Waals surface area contributed by atoms with E-state index >= 15 is 0 Å². The normalized spacial score (nSPS) is 35.9. The lowest BCUT2D eigenvalue weighted by Crippen LogP contribution is -2.68. The van der Waals surface area contributed by atoms with Crippen molar-refractivity contribution in [2.45, 2.75) is 44.4 Å². The van der Waals surface area contributed by atoms with E-state index in [0.717, 1.165) is 0 Å². The molecule has 1 aliphatic heterocycles. The Bertz CT molecular complexity index is 323. The Morgan fingerprint density at radius 3 is 2.06 bits per heavy atom. The molecule has 2 amide bonds. The fraction of sp³-hybridized carbons (Fsp3) is 0.800. The van der Waals surface area contributed by atoms with E-state index in [1.807, 2.05) is 0 Å². The molecule has 1 aliphatic rings. The monoisotopic (exact) mass is 262 g/mol. The van der Waals surface area contributed by atoms with E-state index in [4.69, 9.17) is 9.84 Å². The van der Waals surface area contributed by atoms with Gasteiger partial charge in [0.25, 0.3) is 0 Å². The molecule has 1 rings (SSSR count). The zero-order valence-electron chi connectivity index (χ0n) is 10.2. The van der Waals surface area contributed by atoms with Gasteiger partial charge in [-0.3, -0.25) is 9.59 Å². The number of carbonyl (C=O) groups is 2. The van der Waals surface area contributed by atoms with Crippen molar-refractivity contribution in [2.24, 2.45) is 0 Å². The van der Waals surface area contributed by atoms with Crippen molar-refractivity contribution in [3.8, 4) is 0 Å². The van der Waals surface area contributed by atoms with E-state index < -0.39 is 49.0 Å². The minimum atomic E-state index is -1.42. The highest BCUT2D eigenvalue weighted by Gasteiger charge is 2.45. The molecule has 104 valence electrons. The van der Waals surface area contributed by atoms with Gasteiger partial charge in [-0.05, 0) is 0 Å². The second kappa shape index (κ2) is 6.10. The number of rotatable bonds is 3. The third-order valence-corrected chi connectivity index (χ3v) is 2.68. The molecule has 0 aromatic heterocycles. The fourth-order valence-corrected chi connectivity index (χ4v) is 1.92. The zero-order chi connectivity index (χ0) is 13.9. The molecule has 5 N–H and O–H groups in total. The average Bonchev–Trinajstić information content (AvgIpc) is 2.27. The van der Waals surface area contributed by atoms with Gasteiger partial charge in [0.1, 0.15) is 18.2 Å². The second-order valence-electron chi connectivity index (χ2n) is 4.19. The van der Waals surface area contributed by atoms with Crippen LogP contribution in [0.1, 0.15) is 13.8 Å². The number of hydrogen-bond acceptors (Lipinski definition) is 6. The van der Waals surface area contributed by atoms with Crippen LogP contribution in [0.2, 0.25) is 0 Å². The van der Waals surface area contributed by atoms with Crippen LogP contribution in [0.4, 0.5) is 0 Å². The molecule has 18 heavy (non-hydrogen) atoms. The summed E-state index contributed by atoms with van der Waals surface area (Å²) in [6.07, 6.45) is -3.69. The first kappa shape index (κ1) is 14.8. The highest BCUT2D eigenvalue weighted by Crippen LogP contribution is 2.19. The Kier molecular flexibility index (Phi) is 5.03. The SMILES string of the molecule is CC(=O)N[C@@H]1[C@@H](NC(C)=O)[C@H](O)[C@@H](CO)O[C@H]1O. The van der Waals surface area contributed by atoms with Gasteiger partial charge in [0.2, 0.25) is 11.8 Å². The fourth-order valence-electron chi connectivity index (χ4n) is 1.92. The quantitative estimate of drug-likeness (QED) is 0.370. The van der Waals surface area contributed by atoms with Gasteiger partial charge >= 0.3 is 0 Å². The molecule has 5 atom stereocenters. The second-order valence-corrected chi connectivity index (χ2v) is 4.19. The number of hydrogen-bond donors (Lipinski definition) is 5. The lowest BCUT2D eigenvalue weighted by molar-refractivity contribution is -0.230. The molecule has 0 saturated carbocycles. The molecule has 0 bridgehead atoms. The van der Waals surface area contributed by atoms with Crippen molar-refractivity contribution in [3.05, 3.63) is 0 Å². The van der Waals surface area contributed by atoms with Gasteiger partial charge in [-0.1, -0.05) is 0 Å². The van der Waals surface area contributed by atoms with Crippen molar-refractivity contribution in [1.82, 2.24) is 10.6 Å². The van der Waals surface area contributed by atoms with Crippen LogP contribution in [0, 0.1) is 0 Å². The molecule has 0 unspecified atom stereocenters. The zero-order valence-corrected chi connectivity index (χ0v) is 10.2. The molecule has 0 radical (unpaired) electrons. The third kappa shape index (κ3) is 3.39. The molecule has 1 heterocycles. The summed E-state index contributed by atoms with van der Waals surface area (Å²) in [7, 11) is 0. The lowest BCUT2D eigenvalue weighted by Gasteiger charge is -2.42. The number of carbonyl (C=O) groups excluding carboxylic acids is 2. The van der Waals surface area contributed by atoms with E-state index in [2.05, 4.69) is 10.6 Å². The molecule has 1 saturated heterocycles. The standard InChI is InChI=1S/C10H18N2O6/c1-4(14)11-7-8(12-5(2)15)10(17)18-6(3-13)9(7)16/h6-10,13,16-17H,3H2,1-2H3,(H,11,14)(H,12,15)/t6-,7-,8-,9-,10-/m1/s1. The van der Waals surface area contributed by atoms with Crippen LogP contribution in [0.5, 0.6) is 0 Å². The first-order valence-electron chi connectivity index (χ1n) is 5.53. The number of nitrogens with one attached hydrogen (secondary N) is 2. The summed E-state index contributed by atoms with van der Waals surface area (Å²) in [5.74, 6) is -0.868. The van der Waals surface area contributed by atoms with Gasteiger partial charge in [0.15, 0.2) is 6.29 Å². The average molecular weight is 262 g/mol. The van der Waals surface area contributed by atoms with Crippen LogP contribution in [0.25, 0.3) is 0 Å². The molecule has 8 heteroatoms. The summed E-state index contributed by atoms with van der Waals surface area (Å²) >= 11 is 0. The minimum Gasteiger partial charge on any atom is -0.394 e. The third-order valence-electron chi connectivity index (χ3n) is 2.68. The first-order chi connectivity index (χ1) is 8.36. The van der Waals surface area contributed by atoms with E-state index in [-0.39, 0.29) is 0 Å². The van der Waals surface area contributed by atoms with Crippen LogP contribution in [-0.2, 0) is 14.3 Å². The van der Waals surface area contributed by atoms with E-state index in [0.29, 0.717) is 0 Å². The summed E-state index contributed by atoms with van der Waals surface area (Å²) in [5.41, 5.74) is 0. The predicted octanol–water partition coefficient (Wildman–Crippen LogP) is -2.93. The van der Waals surface area contributed by atoms with Gasteiger partial charge in [0, 0.05) is 13.8 Å². The van der Waals surface area contributed by atoms with E-state index in [9.17, 15) is 19.8 Å². The van der Waals surface area contributed by atoms with Crippen LogP contribution in [-0.4, -0.2) is 64.3 Å². The van der Waals surface area contributed by atoms with Crippen molar-refractivity contribution in [2.75, 3.05) is 6.61 Å². The molecule has 0 aromatic rings. The Hall–Kier alpha value is -1.22. The van der Waals surface area contributed by atoms with Crippen LogP contribution in [0.15, 0.2) is 0 Å². The smallest absolute Gasteiger partial charge is 0.217 e. The number of ether oxygens (including phenoxy) is 1. The summed E-state index contributed by atoms with van der Waals surface area (Å²) in [5, 5.41) is 33.4. The Labute approximate surface area is 104 Å². The van der Waals surface area contributed by atoms with Crippen LogP contribution < -0.4 is 10.6 Å². The molecule has 0 aromatic carbocycles. The summed E-state index contributed by atoms with van der Waals surface area (Å²) in [6, 6.07) is -1.92. The molecule has 8 nitrogen and oxygen atoms in total. The van der Waals surface area contributed by atoms with Gasteiger partial charge in [-0.2, -0.15) is 0 Å². The lowest BCUT2D eigenvalue weighted by atomic mass is 9.94. The Morgan fingerprint density at radius 1 is 1.11 bits per heavy atom. The minimum absolute atomic E-state index is 0.430. The summed E-state index contributed by atoms with van der Waals surface area (Å²) in [4.78, 5) is 22.1. The topological polar surface area (TPSA) is 128 Å². The van der Waals surface area contributed by atoms with Gasteiger partial charge in [-0.15, -0.1) is 0 Å². The van der Waals surface area contributed by atoms with Gasteiger partial charge in [0.05, 0.1) is 12.6 Å². The maximum absolute atomic E-state index is 11.1. The first-order valence-corrected chi connectivity index (χ1v) is 5.53. The van der Waals surface area contributed by atoms with Crippen LogP contribution in [0.3, 0.4) is 0 Å². The Balaban J connectivity index is 2.89. The molecular weight excluding hydrogens is 244 g/mol. The predicted molar refractivity (Wildman–Crippen MR) is 59.2 cm³/mol. The van der Waals surface area contributed by atoms with Gasteiger partial charge in [-0.25, -0.2) is 0 Å². The maximum Gasteiger partial charge on any atom is 0.217 e. The largest absolute Gasteiger partial charge is 0.394 e. The highest BCUT2D eigenvalue weighted by molar-refractivity contribution is 5.75. The molecular formula is C10H18N2O6. The number of amides is 2. The van der Waals surface area contributed by atoms with E-state index in [1.165, 1.54) is 13.8 Å². The molecule has 1 fully saturated rings. The number of aliphatic hydroxyl groups excluding tert-OH is 3. The van der Waals surface area contributed by atoms with Crippen molar-refractivity contribution >= 4 is 11.8 Å². The Morgan fingerprint density at radius 2 is 1.61 bits per heavy atom. The summed E-state index contributed by atoms with van der Waals surface area (Å²) in [6.45, 7) is 1.97. The van der Waals surface area contributed by atoms with Crippen molar-refractivity contribution < 1.29 is 29.6 Å². The maximum atomic E-state index is 11.1. The van der Waals surface area contributed by atoms with Crippen molar-refractivity contribution in [1.29, 1.82) is 0 Å². The highest BCUT2D eigenvalue weighted by atomic mass is 16.6. The van der Waals surface area contributed by atoms with Crippen molar-refractivity contribution in [3.63, 3.8) is 0 Å². The van der Waals surface area contributed by atoms with Gasteiger partial charge < -0.3 is 30.7 Å².